The van der Waals surface area contributed by atoms with Crippen LogP contribution < -0.4 is 5.32 Å². The minimum absolute atomic E-state index is 0.571. The summed E-state index contributed by atoms with van der Waals surface area (Å²) in [6, 6.07) is 6.57. The van der Waals surface area contributed by atoms with Crippen molar-refractivity contribution in [3.63, 3.8) is 0 Å². The zero-order valence-electron chi connectivity index (χ0n) is 12.0. The third-order valence-electron chi connectivity index (χ3n) is 5.07. The molecule has 0 radical (unpaired) electrons. The molecular formula is C17H23Cl2N. The van der Waals surface area contributed by atoms with Crippen molar-refractivity contribution in [1.82, 2.24) is 5.32 Å². The first-order valence-electron chi connectivity index (χ1n) is 7.88. The van der Waals surface area contributed by atoms with Crippen LogP contribution >= 0.6 is 23.2 Å². The van der Waals surface area contributed by atoms with Gasteiger partial charge in [-0.15, -0.1) is 0 Å². The zero-order valence-corrected chi connectivity index (χ0v) is 13.6. The Hall–Kier alpha value is -0.240. The highest BCUT2D eigenvalue weighted by Crippen LogP contribution is 2.59. The molecule has 0 aliphatic heterocycles. The summed E-state index contributed by atoms with van der Waals surface area (Å²) < 4.78 is 0. The molecule has 3 unspecified atom stereocenters. The highest BCUT2D eigenvalue weighted by Gasteiger charge is 2.55. The van der Waals surface area contributed by atoms with Crippen molar-refractivity contribution >= 4 is 23.2 Å². The third kappa shape index (κ3) is 2.86. The van der Waals surface area contributed by atoms with Crippen molar-refractivity contribution in [1.29, 1.82) is 0 Å². The number of fused-ring (bicyclic) bond motifs is 1. The Morgan fingerprint density at radius 2 is 2.00 bits per heavy atom. The van der Waals surface area contributed by atoms with Gasteiger partial charge in [0.25, 0.3) is 0 Å². The lowest BCUT2D eigenvalue weighted by molar-refractivity contribution is 0.403. The highest BCUT2D eigenvalue weighted by molar-refractivity contribution is 6.42. The van der Waals surface area contributed by atoms with Crippen molar-refractivity contribution in [2.75, 3.05) is 6.54 Å². The lowest BCUT2D eigenvalue weighted by Crippen LogP contribution is -2.35. The van der Waals surface area contributed by atoms with Crippen molar-refractivity contribution in [2.24, 2.45) is 17.8 Å². The lowest BCUT2D eigenvalue weighted by atomic mass is 9.97. The van der Waals surface area contributed by atoms with E-state index < -0.39 is 0 Å². The Bertz CT molecular complexity index is 464. The van der Waals surface area contributed by atoms with E-state index in [1.54, 1.807) is 0 Å². The van der Waals surface area contributed by atoms with E-state index in [2.05, 4.69) is 18.3 Å². The van der Waals surface area contributed by atoms with Crippen LogP contribution in [0.15, 0.2) is 18.2 Å². The van der Waals surface area contributed by atoms with Gasteiger partial charge in [0.1, 0.15) is 0 Å². The summed E-state index contributed by atoms with van der Waals surface area (Å²) in [6.07, 6.45) is 6.50. The molecule has 1 aromatic rings. The second kappa shape index (κ2) is 6.25. The SMILES string of the molecule is CCCNC(Cc1cccc(Cl)c1Cl)C1C2CCCC21. The smallest absolute Gasteiger partial charge is 0.0624 e. The summed E-state index contributed by atoms with van der Waals surface area (Å²) in [5.41, 5.74) is 1.19. The third-order valence-corrected chi connectivity index (χ3v) is 5.92. The summed E-state index contributed by atoms with van der Waals surface area (Å²) in [7, 11) is 0. The number of hydrogen-bond acceptors (Lipinski definition) is 1. The summed E-state index contributed by atoms with van der Waals surface area (Å²) in [4.78, 5) is 0. The van der Waals surface area contributed by atoms with Crippen LogP contribution in [0.4, 0.5) is 0 Å². The Morgan fingerprint density at radius 3 is 2.70 bits per heavy atom. The van der Waals surface area contributed by atoms with Crippen molar-refractivity contribution < 1.29 is 0 Å². The van der Waals surface area contributed by atoms with E-state index in [0.717, 1.165) is 35.7 Å². The normalized spacial score (nSPS) is 29.2. The van der Waals surface area contributed by atoms with Crippen molar-refractivity contribution in [2.45, 2.75) is 45.1 Å². The predicted molar refractivity (Wildman–Crippen MR) is 86.6 cm³/mol. The van der Waals surface area contributed by atoms with Gasteiger partial charge in [-0.25, -0.2) is 0 Å². The molecule has 0 saturated heterocycles. The first-order valence-corrected chi connectivity index (χ1v) is 8.64. The number of halogens is 2. The minimum Gasteiger partial charge on any atom is -0.313 e. The molecule has 2 aliphatic carbocycles. The first kappa shape index (κ1) is 14.7. The molecule has 0 heterocycles. The van der Waals surface area contributed by atoms with Crippen molar-refractivity contribution in [3.8, 4) is 0 Å². The molecule has 3 heteroatoms. The molecule has 2 saturated carbocycles. The first-order chi connectivity index (χ1) is 9.72. The monoisotopic (exact) mass is 311 g/mol. The molecule has 0 aromatic heterocycles. The van der Waals surface area contributed by atoms with Gasteiger partial charge in [0.15, 0.2) is 0 Å². The Morgan fingerprint density at radius 1 is 1.25 bits per heavy atom. The van der Waals surface area contributed by atoms with Crippen LogP contribution in [0, 0.1) is 17.8 Å². The maximum absolute atomic E-state index is 6.36. The highest BCUT2D eigenvalue weighted by atomic mass is 35.5. The predicted octanol–water partition coefficient (Wildman–Crippen LogP) is 4.95. The van der Waals surface area contributed by atoms with Crippen LogP contribution in [-0.4, -0.2) is 12.6 Å². The lowest BCUT2D eigenvalue weighted by Gasteiger charge is -2.21. The van der Waals surface area contributed by atoms with E-state index >= 15 is 0 Å². The number of hydrogen-bond donors (Lipinski definition) is 1. The van der Waals surface area contributed by atoms with E-state index in [4.69, 9.17) is 23.2 Å². The van der Waals surface area contributed by atoms with Crippen LogP contribution in [0.1, 0.15) is 38.2 Å². The molecule has 110 valence electrons. The molecule has 0 bridgehead atoms. The molecule has 2 aliphatic rings. The van der Waals surface area contributed by atoms with E-state index in [-0.39, 0.29) is 0 Å². The van der Waals surface area contributed by atoms with Crippen LogP contribution in [-0.2, 0) is 6.42 Å². The van der Waals surface area contributed by atoms with Crippen molar-refractivity contribution in [3.05, 3.63) is 33.8 Å². The Balaban J connectivity index is 1.71. The average molecular weight is 312 g/mol. The summed E-state index contributed by atoms with van der Waals surface area (Å²) in [5, 5.41) is 5.17. The molecule has 1 nitrogen and oxygen atoms in total. The fourth-order valence-electron chi connectivity index (χ4n) is 4.09. The molecule has 20 heavy (non-hydrogen) atoms. The van der Waals surface area contributed by atoms with Gasteiger partial charge in [-0.05, 0) is 61.6 Å². The Kier molecular flexibility index (Phi) is 4.59. The fraction of sp³-hybridized carbons (Fsp3) is 0.647. The fourth-order valence-corrected chi connectivity index (χ4v) is 4.49. The van der Waals surface area contributed by atoms with Gasteiger partial charge in [-0.1, -0.05) is 48.7 Å². The van der Waals surface area contributed by atoms with Gasteiger partial charge in [0.05, 0.1) is 10.0 Å². The number of benzene rings is 1. The minimum atomic E-state index is 0.571. The second-order valence-electron chi connectivity index (χ2n) is 6.31. The molecular weight excluding hydrogens is 289 g/mol. The largest absolute Gasteiger partial charge is 0.313 e. The molecule has 2 fully saturated rings. The van der Waals surface area contributed by atoms with E-state index in [1.807, 2.05) is 12.1 Å². The van der Waals surface area contributed by atoms with E-state index in [9.17, 15) is 0 Å². The number of nitrogens with one attached hydrogen (secondary N) is 1. The van der Waals surface area contributed by atoms with Crippen LogP contribution in [0.2, 0.25) is 10.0 Å². The summed E-state index contributed by atoms with van der Waals surface area (Å²) in [5.74, 6) is 2.81. The van der Waals surface area contributed by atoms with Gasteiger partial charge in [0.2, 0.25) is 0 Å². The maximum atomic E-state index is 6.36. The Labute approximate surface area is 132 Å². The maximum Gasteiger partial charge on any atom is 0.0624 e. The topological polar surface area (TPSA) is 12.0 Å². The molecule has 0 spiro atoms. The van der Waals surface area contributed by atoms with Gasteiger partial charge < -0.3 is 5.32 Å². The molecule has 3 rings (SSSR count). The van der Waals surface area contributed by atoms with Gasteiger partial charge in [0, 0.05) is 6.04 Å². The molecule has 1 aromatic carbocycles. The van der Waals surface area contributed by atoms with Gasteiger partial charge in [-0.2, -0.15) is 0 Å². The van der Waals surface area contributed by atoms with Crippen LogP contribution in [0.25, 0.3) is 0 Å². The molecule has 1 N–H and O–H groups in total. The molecule has 0 amide bonds. The average Bonchev–Trinajstić information content (AvgIpc) is 2.92. The zero-order chi connectivity index (χ0) is 14.1. The standard InChI is InChI=1S/C17H23Cl2N/c1-2-9-20-15(16-12-6-4-7-13(12)16)10-11-5-3-8-14(18)17(11)19/h3,5,8,12-13,15-16,20H,2,4,6-7,9-10H2,1H3. The quantitative estimate of drug-likeness (QED) is 0.783. The van der Waals surface area contributed by atoms with Gasteiger partial charge in [-0.3, -0.25) is 0 Å². The number of rotatable bonds is 6. The summed E-state index contributed by atoms with van der Waals surface area (Å²) >= 11 is 12.5. The molecule has 3 atom stereocenters. The second-order valence-corrected chi connectivity index (χ2v) is 7.10. The van der Waals surface area contributed by atoms with E-state index in [1.165, 1.54) is 31.2 Å². The van der Waals surface area contributed by atoms with Crippen LogP contribution in [0.3, 0.4) is 0 Å². The van der Waals surface area contributed by atoms with Gasteiger partial charge >= 0.3 is 0 Å². The van der Waals surface area contributed by atoms with E-state index in [0.29, 0.717) is 11.1 Å². The summed E-state index contributed by atoms with van der Waals surface area (Å²) in [6.45, 7) is 3.32. The van der Waals surface area contributed by atoms with Crippen LogP contribution in [0.5, 0.6) is 0 Å².